The smallest absolute Gasteiger partial charge is 0.193 e. The Morgan fingerprint density at radius 3 is 2.85 bits per heavy atom. The van der Waals surface area contributed by atoms with Crippen molar-refractivity contribution in [2.45, 2.75) is 52.0 Å². The lowest BCUT2D eigenvalue weighted by Crippen LogP contribution is -2.46. The summed E-state index contributed by atoms with van der Waals surface area (Å²) in [5, 5.41) is 6.85. The van der Waals surface area contributed by atoms with Crippen LogP contribution in [0, 0.1) is 0 Å². The lowest BCUT2D eigenvalue weighted by molar-refractivity contribution is 0.232. The van der Waals surface area contributed by atoms with Crippen LogP contribution in [0.15, 0.2) is 10.4 Å². The van der Waals surface area contributed by atoms with Gasteiger partial charge in [0.05, 0.1) is 5.69 Å². The molecule has 0 radical (unpaired) electrons. The first-order valence-corrected chi connectivity index (χ1v) is 11.5. The maximum atomic E-state index is 4.87. The van der Waals surface area contributed by atoms with Gasteiger partial charge in [0.1, 0.15) is 0 Å². The summed E-state index contributed by atoms with van der Waals surface area (Å²) in [6.45, 7) is 11.9. The summed E-state index contributed by atoms with van der Waals surface area (Å²) < 4.78 is 0. The molecule has 7 heteroatoms. The van der Waals surface area contributed by atoms with Crippen molar-refractivity contribution in [3.63, 3.8) is 0 Å². The Morgan fingerprint density at radius 1 is 1.30 bits per heavy atom. The van der Waals surface area contributed by atoms with E-state index in [-0.39, 0.29) is 0 Å². The monoisotopic (exact) mass is 392 g/mol. The predicted octanol–water partition coefficient (Wildman–Crippen LogP) is 2.67. The van der Waals surface area contributed by atoms with Gasteiger partial charge in [0, 0.05) is 57.6 Å². The van der Waals surface area contributed by atoms with Gasteiger partial charge < -0.3 is 15.1 Å². The first kappa shape index (κ1) is 20.4. The van der Waals surface area contributed by atoms with Gasteiger partial charge in [0.15, 0.2) is 11.1 Å². The molecule has 0 amide bonds. The molecule has 0 aliphatic carbocycles. The second-order valence-electron chi connectivity index (χ2n) is 7.61. The molecule has 1 unspecified atom stereocenters. The summed E-state index contributed by atoms with van der Waals surface area (Å²) in [7, 11) is 2.17. The third-order valence-corrected chi connectivity index (χ3v) is 6.58. The fraction of sp³-hybridized carbons (Fsp3) is 0.800. The maximum absolute atomic E-state index is 4.87. The number of aliphatic imine (C=N–C) groups is 1. The number of nitrogens with zero attached hydrogens (tertiary/aromatic N) is 5. The molecule has 152 valence electrons. The zero-order chi connectivity index (χ0) is 19.1. The van der Waals surface area contributed by atoms with Crippen LogP contribution in [0.25, 0.3) is 0 Å². The molecule has 2 saturated heterocycles. The lowest BCUT2D eigenvalue weighted by atomic mass is 10.2. The fourth-order valence-electron chi connectivity index (χ4n) is 4.13. The van der Waals surface area contributed by atoms with Crippen LogP contribution in [0.5, 0.6) is 0 Å². The van der Waals surface area contributed by atoms with Gasteiger partial charge in [0.25, 0.3) is 0 Å². The second kappa shape index (κ2) is 10.3. The number of rotatable bonds is 8. The molecule has 27 heavy (non-hydrogen) atoms. The highest BCUT2D eigenvalue weighted by Gasteiger charge is 2.25. The third-order valence-electron chi connectivity index (χ3n) is 5.63. The molecule has 2 fully saturated rings. The van der Waals surface area contributed by atoms with E-state index in [0.29, 0.717) is 6.04 Å². The van der Waals surface area contributed by atoms with E-state index in [1.807, 2.05) is 0 Å². The highest BCUT2D eigenvalue weighted by Crippen LogP contribution is 2.24. The number of likely N-dealkylation sites (tertiary alicyclic amines) is 1. The van der Waals surface area contributed by atoms with Crippen LogP contribution in [0.2, 0.25) is 0 Å². The molecular weight excluding hydrogens is 356 g/mol. The van der Waals surface area contributed by atoms with Crippen LogP contribution in [0.3, 0.4) is 0 Å². The molecular formula is C20H36N6S. The average Bonchev–Trinajstić information content (AvgIpc) is 3.42. The molecule has 1 aromatic rings. The van der Waals surface area contributed by atoms with E-state index in [9.17, 15) is 0 Å². The maximum Gasteiger partial charge on any atom is 0.193 e. The Labute approximate surface area is 168 Å². The number of nitrogens with one attached hydrogen (secondary N) is 1. The Morgan fingerprint density at radius 2 is 2.11 bits per heavy atom. The number of thiazole rings is 1. The van der Waals surface area contributed by atoms with Crippen molar-refractivity contribution in [1.29, 1.82) is 0 Å². The fourth-order valence-corrected chi connectivity index (χ4v) is 5.05. The molecule has 1 atom stereocenters. The molecule has 0 bridgehead atoms. The zero-order valence-electron chi connectivity index (χ0n) is 17.3. The van der Waals surface area contributed by atoms with E-state index in [0.717, 1.165) is 51.6 Å². The zero-order valence-corrected chi connectivity index (χ0v) is 18.1. The van der Waals surface area contributed by atoms with Gasteiger partial charge in [-0.2, -0.15) is 0 Å². The number of hydrogen-bond acceptors (Lipinski definition) is 5. The van der Waals surface area contributed by atoms with Crippen LogP contribution in [-0.4, -0.2) is 79.6 Å². The molecule has 6 nitrogen and oxygen atoms in total. The normalized spacial score (nSPS) is 21.2. The summed E-state index contributed by atoms with van der Waals surface area (Å²) in [5.41, 5.74) is 1.18. The molecule has 1 aromatic heterocycles. The van der Waals surface area contributed by atoms with Crippen LogP contribution in [0.1, 0.15) is 45.2 Å². The van der Waals surface area contributed by atoms with Crippen molar-refractivity contribution in [1.82, 2.24) is 20.1 Å². The van der Waals surface area contributed by atoms with Gasteiger partial charge in [-0.15, -0.1) is 11.3 Å². The summed E-state index contributed by atoms with van der Waals surface area (Å²) in [5.74, 6) is 1.02. The van der Waals surface area contributed by atoms with E-state index in [1.54, 1.807) is 11.3 Å². The summed E-state index contributed by atoms with van der Waals surface area (Å²) in [6, 6.07) is 0.658. The van der Waals surface area contributed by atoms with Crippen LogP contribution >= 0.6 is 11.3 Å². The van der Waals surface area contributed by atoms with Gasteiger partial charge in [-0.25, -0.2) is 4.98 Å². The van der Waals surface area contributed by atoms with Crippen LogP contribution in [-0.2, 0) is 6.42 Å². The Kier molecular flexibility index (Phi) is 7.76. The third kappa shape index (κ3) is 5.57. The molecule has 2 aliphatic heterocycles. The van der Waals surface area contributed by atoms with E-state index >= 15 is 0 Å². The average molecular weight is 393 g/mol. The minimum atomic E-state index is 0.658. The van der Waals surface area contributed by atoms with E-state index in [1.165, 1.54) is 43.1 Å². The Bertz CT molecular complexity index is 595. The van der Waals surface area contributed by atoms with Crippen molar-refractivity contribution < 1.29 is 0 Å². The van der Waals surface area contributed by atoms with Gasteiger partial charge in [-0.1, -0.05) is 6.92 Å². The van der Waals surface area contributed by atoms with Crippen LogP contribution < -0.4 is 10.2 Å². The van der Waals surface area contributed by atoms with Gasteiger partial charge in [-0.3, -0.25) is 9.89 Å². The molecule has 0 saturated carbocycles. The first-order valence-electron chi connectivity index (χ1n) is 10.6. The molecule has 0 aromatic carbocycles. The minimum Gasteiger partial charge on any atom is -0.357 e. The van der Waals surface area contributed by atoms with E-state index in [4.69, 9.17) is 9.98 Å². The van der Waals surface area contributed by atoms with Gasteiger partial charge in [-0.05, 0) is 45.7 Å². The second-order valence-corrected chi connectivity index (χ2v) is 8.44. The van der Waals surface area contributed by atoms with Crippen LogP contribution in [0.4, 0.5) is 5.13 Å². The standard InChI is InChI=1S/C20H36N6S/c1-4-21-19(24(3)15-18-9-8-14-25(18)5-2)22-11-10-17-16-27-20(23-17)26-12-6-7-13-26/h16,18H,4-15H2,1-3H3,(H,21,22). The highest BCUT2D eigenvalue weighted by molar-refractivity contribution is 7.13. The Balaban J connectivity index is 1.52. The highest BCUT2D eigenvalue weighted by atomic mass is 32.1. The van der Waals surface area contributed by atoms with Crippen molar-refractivity contribution in [2.75, 3.05) is 57.8 Å². The van der Waals surface area contributed by atoms with Gasteiger partial charge >= 0.3 is 0 Å². The lowest BCUT2D eigenvalue weighted by Gasteiger charge is -2.29. The number of hydrogen-bond donors (Lipinski definition) is 1. The molecule has 1 N–H and O–H groups in total. The quantitative estimate of drug-likeness (QED) is 0.544. The Hall–Kier alpha value is -1.34. The van der Waals surface area contributed by atoms with Crippen molar-refractivity contribution in [3.05, 3.63) is 11.1 Å². The number of guanidine groups is 1. The first-order chi connectivity index (χ1) is 13.2. The van der Waals surface area contributed by atoms with Gasteiger partial charge in [0.2, 0.25) is 0 Å². The van der Waals surface area contributed by atoms with Crippen molar-refractivity contribution >= 4 is 22.4 Å². The largest absolute Gasteiger partial charge is 0.357 e. The molecule has 3 rings (SSSR count). The summed E-state index contributed by atoms with van der Waals surface area (Å²) in [6.07, 6.45) is 6.14. The predicted molar refractivity (Wildman–Crippen MR) is 116 cm³/mol. The summed E-state index contributed by atoms with van der Waals surface area (Å²) >= 11 is 1.78. The molecule has 0 spiro atoms. The van der Waals surface area contributed by atoms with E-state index in [2.05, 4.69) is 46.3 Å². The number of anilines is 1. The molecule has 3 heterocycles. The van der Waals surface area contributed by atoms with E-state index < -0.39 is 0 Å². The van der Waals surface area contributed by atoms with Crippen molar-refractivity contribution in [3.8, 4) is 0 Å². The number of aromatic nitrogens is 1. The van der Waals surface area contributed by atoms with Crippen molar-refractivity contribution in [2.24, 2.45) is 4.99 Å². The topological polar surface area (TPSA) is 47.0 Å². The summed E-state index contributed by atoms with van der Waals surface area (Å²) in [4.78, 5) is 17.0. The number of likely N-dealkylation sites (N-methyl/N-ethyl adjacent to an activating group) is 2. The SMILES string of the molecule is CCNC(=NCCc1csc(N2CCCC2)n1)N(C)CC1CCCN1CC. The minimum absolute atomic E-state index is 0.658. The molecule has 2 aliphatic rings.